The Labute approximate surface area is 154 Å². The minimum absolute atomic E-state index is 0.0605. The third-order valence-corrected chi connectivity index (χ3v) is 4.66. The molecule has 9 heteroatoms. The highest BCUT2D eigenvalue weighted by atomic mass is 19.4. The SMILES string of the molecule is CN=C(NCCc1c[nH]c2cc(F)ccc12)NC1CCN(CC(F)(F)F)C1. The van der Waals surface area contributed by atoms with E-state index in [-0.39, 0.29) is 11.9 Å². The highest BCUT2D eigenvalue weighted by Gasteiger charge is 2.34. The first-order valence-electron chi connectivity index (χ1n) is 8.86. The molecule has 2 aromatic rings. The van der Waals surface area contributed by atoms with Crippen molar-refractivity contribution in [1.82, 2.24) is 20.5 Å². The first kappa shape index (κ1) is 19.5. The van der Waals surface area contributed by atoms with Crippen LogP contribution in [0, 0.1) is 5.82 Å². The van der Waals surface area contributed by atoms with Crippen LogP contribution >= 0.6 is 0 Å². The van der Waals surface area contributed by atoms with Gasteiger partial charge in [0.2, 0.25) is 0 Å². The molecular formula is C18H23F4N5. The molecule has 1 aromatic heterocycles. The van der Waals surface area contributed by atoms with E-state index in [9.17, 15) is 17.6 Å². The third kappa shape index (κ3) is 5.35. The summed E-state index contributed by atoms with van der Waals surface area (Å²) in [5.74, 6) is 0.287. The fourth-order valence-corrected chi connectivity index (χ4v) is 3.42. The lowest BCUT2D eigenvalue weighted by atomic mass is 10.1. The number of nitrogens with one attached hydrogen (secondary N) is 3. The average molecular weight is 385 g/mol. The van der Waals surface area contributed by atoms with Crippen molar-refractivity contribution in [3.8, 4) is 0 Å². The zero-order chi connectivity index (χ0) is 19.4. The smallest absolute Gasteiger partial charge is 0.361 e. The van der Waals surface area contributed by atoms with E-state index in [0.29, 0.717) is 38.4 Å². The third-order valence-electron chi connectivity index (χ3n) is 4.66. The molecule has 1 aliphatic rings. The highest BCUT2D eigenvalue weighted by Crippen LogP contribution is 2.20. The quantitative estimate of drug-likeness (QED) is 0.421. The maximum Gasteiger partial charge on any atom is 0.401 e. The lowest BCUT2D eigenvalue weighted by Crippen LogP contribution is -2.45. The summed E-state index contributed by atoms with van der Waals surface area (Å²) in [4.78, 5) is 8.59. The minimum atomic E-state index is -4.17. The number of benzene rings is 1. The van der Waals surface area contributed by atoms with Gasteiger partial charge in [-0.25, -0.2) is 4.39 Å². The van der Waals surface area contributed by atoms with Gasteiger partial charge in [0.1, 0.15) is 5.82 Å². The Morgan fingerprint density at radius 3 is 2.93 bits per heavy atom. The molecule has 0 bridgehead atoms. The van der Waals surface area contributed by atoms with Crippen molar-refractivity contribution < 1.29 is 17.6 Å². The maximum absolute atomic E-state index is 13.2. The number of likely N-dealkylation sites (tertiary alicyclic amines) is 1. The van der Waals surface area contributed by atoms with Gasteiger partial charge in [-0.05, 0) is 36.6 Å². The number of nitrogens with zero attached hydrogens (tertiary/aromatic N) is 2. The van der Waals surface area contributed by atoms with Crippen LogP contribution in [-0.2, 0) is 6.42 Å². The Hall–Kier alpha value is -2.29. The van der Waals surface area contributed by atoms with Crippen LogP contribution < -0.4 is 10.6 Å². The molecule has 0 saturated carbocycles. The van der Waals surface area contributed by atoms with Crippen LogP contribution in [-0.4, -0.2) is 61.3 Å². The molecule has 1 aromatic carbocycles. The number of alkyl halides is 3. The predicted octanol–water partition coefficient (Wildman–Crippen LogP) is 2.65. The zero-order valence-electron chi connectivity index (χ0n) is 15.0. The topological polar surface area (TPSA) is 55.5 Å². The van der Waals surface area contributed by atoms with Crippen LogP contribution in [0.2, 0.25) is 0 Å². The highest BCUT2D eigenvalue weighted by molar-refractivity contribution is 5.83. The lowest BCUT2D eigenvalue weighted by molar-refractivity contribution is -0.143. The molecule has 2 heterocycles. The van der Waals surface area contributed by atoms with Crippen LogP contribution in [0.3, 0.4) is 0 Å². The number of H-pyrrole nitrogens is 1. The summed E-state index contributed by atoms with van der Waals surface area (Å²) in [5.41, 5.74) is 1.81. The van der Waals surface area contributed by atoms with E-state index in [1.54, 1.807) is 13.1 Å². The number of hydrogen-bond acceptors (Lipinski definition) is 2. The monoisotopic (exact) mass is 385 g/mol. The van der Waals surface area contributed by atoms with E-state index in [4.69, 9.17) is 0 Å². The van der Waals surface area contributed by atoms with Gasteiger partial charge in [-0.2, -0.15) is 13.2 Å². The number of halogens is 4. The maximum atomic E-state index is 13.2. The molecule has 1 aliphatic heterocycles. The van der Waals surface area contributed by atoms with Gasteiger partial charge in [0.25, 0.3) is 0 Å². The van der Waals surface area contributed by atoms with E-state index in [1.165, 1.54) is 17.0 Å². The summed E-state index contributed by atoms with van der Waals surface area (Å²) in [5, 5.41) is 7.33. The van der Waals surface area contributed by atoms with Crippen LogP contribution in [0.4, 0.5) is 17.6 Å². The van der Waals surface area contributed by atoms with Crippen molar-refractivity contribution in [3.05, 3.63) is 35.8 Å². The van der Waals surface area contributed by atoms with Crippen molar-refractivity contribution in [2.24, 2.45) is 4.99 Å². The Bertz CT molecular complexity index is 799. The molecule has 148 valence electrons. The summed E-state index contributed by atoms with van der Waals surface area (Å²) >= 11 is 0. The van der Waals surface area contributed by atoms with Crippen LogP contribution in [0.5, 0.6) is 0 Å². The fourth-order valence-electron chi connectivity index (χ4n) is 3.42. The molecule has 0 spiro atoms. The van der Waals surface area contributed by atoms with E-state index in [1.807, 2.05) is 6.20 Å². The van der Waals surface area contributed by atoms with Crippen molar-refractivity contribution in [3.63, 3.8) is 0 Å². The van der Waals surface area contributed by atoms with Crippen molar-refractivity contribution in [2.45, 2.75) is 25.1 Å². The summed E-state index contributed by atoms with van der Waals surface area (Å²) < 4.78 is 50.7. The van der Waals surface area contributed by atoms with Crippen molar-refractivity contribution in [2.75, 3.05) is 33.2 Å². The number of fused-ring (bicyclic) bond motifs is 1. The van der Waals surface area contributed by atoms with Gasteiger partial charge in [0, 0.05) is 49.8 Å². The molecular weight excluding hydrogens is 362 g/mol. The molecule has 27 heavy (non-hydrogen) atoms. The second kappa shape index (κ2) is 8.16. The summed E-state index contributed by atoms with van der Waals surface area (Å²) in [7, 11) is 1.63. The first-order chi connectivity index (χ1) is 12.8. The Kier molecular flexibility index (Phi) is 5.88. The molecule has 5 nitrogen and oxygen atoms in total. The number of hydrogen-bond donors (Lipinski definition) is 3. The van der Waals surface area contributed by atoms with Gasteiger partial charge in [0.15, 0.2) is 5.96 Å². The average Bonchev–Trinajstić information content (AvgIpc) is 3.19. The van der Waals surface area contributed by atoms with E-state index in [2.05, 4.69) is 20.6 Å². The van der Waals surface area contributed by atoms with E-state index >= 15 is 0 Å². The van der Waals surface area contributed by atoms with Gasteiger partial charge < -0.3 is 15.6 Å². The molecule has 1 saturated heterocycles. The van der Waals surface area contributed by atoms with Gasteiger partial charge in [-0.15, -0.1) is 0 Å². The molecule has 0 radical (unpaired) electrons. The Balaban J connectivity index is 1.47. The van der Waals surface area contributed by atoms with Crippen molar-refractivity contribution >= 4 is 16.9 Å². The molecule has 0 aliphatic carbocycles. The molecule has 3 N–H and O–H groups in total. The molecule has 1 atom stereocenters. The standard InChI is InChI=1S/C18H23F4N5/c1-23-17(26-14-5-7-27(10-14)11-18(20,21)22)24-6-4-12-9-25-16-8-13(19)2-3-15(12)16/h2-3,8-9,14,25H,4-7,10-11H2,1H3,(H2,23,24,26). The molecule has 1 fully saturated rings. The lowest BCUT2D eigenvalue weighted by Gasteiger charge is -2.19. The minimum Gasteiger partial charge on any atom is -0.361 e. The van der Waals surface area contributed by atoms with Crippen molar-refractivity contribution in [1.29, 1.82) is 0 Å². The molecule has 0 amide bonds. The number of guanidine groups is 1. The summed E-state index contributed by atoms with van der Waals surface area (Å²) in [6.45, 7) is 0.482. The normalized spacial score (nSPS) is 19.0. The van der Waals surface area contributed by atoms with Crippen LogP contribution in [0.25, 0.3) is 10.9 Å². The van der Waals surface area contributed by atoms with Crippen LogP contribution in [0.15, 0.2) is 29.4 Å². The van der Waals surface area contributed by atoms with Gasteiger partial charge in [-0.1, -0.05) is 0 Å². The molecule has 3 rings (SSSR count). The van der Waals surface area contributed by atoms with Gasteiger partial charge in [-0.3, -0.25) is 9.89 Å². The van der Waals surface area contributed by atoms with E-state index in [0.717, 1.165) is 16.5 Å². The Morgan fingerprint density at radius 1 is 1.37 bits per heavy atom. The van der Waals surface area contributed by atoms with E-state index < -0.39 is 12.7 Å². The number of aromatic amines is 1. The number of aliphatic imine (C=N–C) groups is 1. The Morgan fingerprint density at radius 2 is 2.19 bits per heavy atom. The summed E-state index contributed by atoms with van der Waals surface area (Å²) in [6, 6.07) is 4.58. The zero-order valence-corrected chi connectivity index (χ0v) is 15.0. The number of aromatic nitrogens is 1. The first-order valence-corrected chi connectivity index (χ1v) is 8.86. The second-order valence-electron chi connectivity index (χ2n) is 6.73. The van der Waals surface area contributed by atoms with Gasteiger partial charge in [0.05, 0.1) is 6.54 Å². The fraction of sp³-hybridized carbons (Fsp3) is 0.500. The van der Waals surface area contributed by atoms with Gasteiger partial charge >= 0.3 is 6.18 Å². The number of rotatable bonds is 5. The molecule has 1 unspecified atom stereocenters. The largest absolute Gasteiger partial charge is 0.401 e. The van der Waals surface area contributed by atoms with Crippen LogP contribution in [0.1, 0.15) is 12.0 Å². The summed E-state index contributed by atoms with van der Waals surface area (Å²) in [6.07, 6.45) is -0.965. The predicted molar refractivity (Wildman–Crippen MR) is 97.4 cm³/mol. The second-order valence-corrected chi connectivity index (χ2v) is 6.73.